The number of halogens is 3. The number of hydrogen-bond donors (Lipinski definition) is 1. The highest BCUT2D eigenvalue weighted by molar-refractivity contribution is 9.10. The molecule has 0 bridgehead atoms. The molecule has 0 heterocycles. The molecule has 20 heavy (non-hydrogen) atoms. The van der Waals surface area contributed by atoms with E-state index in [0.29, 0.717) is 19.7 Å². The first kappa shape index (κ1) is 15.8. The summed E-state index contributed by atoms with van der Waals surface area (Å²) in [6.07, 6.45) is 0. The third-order valence-corrected chi connectivity index (χ3v) is 6.12. The number of rotatable bonds is 3. The van der Waals surface area contributed by atoms with Crippen molar-refractivity contribution in [1.82, 2.24) is 0 Å². The SMILES string of the molecule is Cc1ccc(S(=O)(=O)Nc2ccc(Cl)c(Br)c2)c(Br)c1. The standard InChI is InChI=1S/C13H10Br2ClNO2S/c1-8-2-5-13(11(15)6-8)20(18,19)17-9-3-4-12(16)10(14)7-9/h2-7,17H,1H3. The van der Waals surface area contributed by atoms with Gasteiger partial charge in [0.1, 0.15) is 4.90 Å². The van der Waals surface area contributed by atoms with Crippen molar-refractivity contribution in [3.05, 3.63) is 55.9 Å². The van der Waals surface area contributed by atoms with E-state index in [0.717, 1.165) is 5.56 Å². The molecule has 2 rings (SSSR count). The molecule has 0 radical (unpaired) electrons. The average Bonchev–Trinajstić information content (AvgIpc) is 2.33. The predicted octanol–water partition coefficient (Wildman–Crippen LogP) is 4.97. The quantitative estimate of drug-likeness (QED) is 0.734. The molecule has 0 amide bonds. The fourth-order valence-electron chi connectivity index (χ4n) is 1.59. The van der Waals surface area contributed by atoms with E-state index in [1.54, 1.807) is 36.4 Å². The number of sulfonamides is 1. The topological polar surface area (TPSA) is 46.2 Å². The molecule has 0 fully saturated rings. The molecule has 3 nitrogen and oxygen atoms in total. The minimum absolute atomic E-state index is 0.189. The summed E-state index contributed by atoms with van der Waals surface area (Å²) in [6.45, 7) is 1.89. The molecule has 0 saturated carbocycles. The van der Waals surface area contributed by atoms with Gasteiger partial charge in [-0.2, -0.15) is 0 Å². The van der Waals surface area contributed by atoms with Crippen molar-refractivity contribution in [2.45, 2.75) is 11.8 Å². The van der Waals surface area contributed by atoms with Gasteiger partial charge in [0.15, 0.2) is 0 Å². The molecule has 0 aliphatic heterocycles. The minimum atomic E-state index is -3.65. The zero-order valence-electron chi connectivity index (χ0n) is 10.3. The molecule has 0 aliphatic carbocycles. The molecule has 0 saturated heterocycles. The fraction of sp³-hybridized carbons (Fsp3) is 0.0769. The zero-order chi connectivity index (χ0) is 14.9. The summed E-state index contributed by atoms with van der Waals surface area (Å²) in [5.41, 5.74) is 1.42. The van der Waals surface area contributed by atoms with Gasteiger partial charge in [-0.25, -0.2) is 8.42 Å². The second-order valence-corrected chi connectivity index (χ2v) is 7.93. The Bertz CT molecular complexity index is 763. The Morgan fingerprint density at radius 2 is 1.75 bits per heavy atom. The first-order chi connectivity index (χ1) is 9.29. The summed E-state index contributed by atoms with van der Waals surface area (Å²) >= 11 is 12.4. The van der Waals surface area contributed by atoms with E-state index in [1.807, 2.05) is 6.92 Å². The molecule has 0 aromatic heterocycles. The highest BCUT2D eigenvalue weighted by atomic mass is 79.9. The van der Waals surface area contributed by atoms with Crippen molar-refractivity contribution >= 4 is 59.2 Å². The van der Waals surface area contributed by atoms with E-state index in [9.17, 15) is 8.42 Å². The molecule has 0 aliphatic rings. The van der Waals surface area contributed by atoms with Gasteiger partial charge in [-0.1, -0.05) is 17.7 Å². The van der Waals surface area contributed by atoms with Crippen molar-refractivity contribution in [3.63, 3.8) is 0 Å². The lowest BCUT2D eigenvalue weighted by Gasteiger charge is -2.10. The largest absolute Gasteiger partial charge is 0.280 e. The Hall–Kier alpha value is -0.560. The molecule has 1 N–H and O–H groups in total. The van der Waals surface area contributed by atoms with Gasteiger partial charge in [0, 0.05) is 8.95 Å². The summed E-state index contributed by atoms with van der Waals surface area (Å²) < 4.78 is 28.4. The third-order valence-electron chi connectivity index (χ3n) is 2.55. The monoisotopic (exact) mass is 437 g/mol. The molecule has 0 atom stereocenters. The van der Waals surface area contributed by atoms with E-state index in [4.69, 9.17) is 11.6 Å². The summed E-state index contributed by atoms with van der Waals surface area (Å²) in [5.74, 6) is 0. The number of nitrogens with one attached hydrogen (secondary N) is 1. The van der Waals surface area contributed by atoms with E-state index >= 15 is 0 Å². The van der Waals surface area contributed by atoms with Crippen molar-refractivity contribution in [2.75, 3.05) is 4.72 Å². The minimum Gasteiger partial charge on any atom is -0.280 e. The van der Waals surface area contributed by atoms with Crippen molar-refractivity contribution < 1.29 is 8.42 Å². The molecular weight excluding hydrogens is 429 g/mol. The molecular formula is C13H10Br2ClNO2S. The molecule has 106 valence electrons. The summed E-state index contributed by atoms with van der Waals surface area (Å²) in [7, 11) is -3.65. The van der Waals surface area contributed by atoms with Crippen LogP contribution in [0.2, 0.25) is 5.02 Å². The van der Waals surface area contributed by atoms with Gasteiger partial charge in [-0.3, -0.25) is 4.72 Å². The summed E-state index contributed by atoms with van der Waals surface area (Å²) in [5, 5.41) is 0.518. The number of benzene rings is 2. The molecule has 7 heteroatoms. The van der Waals surface area contributed by atoms with Crippen LogP contribution in [-0.2, 0) is 10.0 Å². The first-order valence-corrected chi connectivity index (χ1v) is 8.98. The van der Waals surface area contributed by atoms with Gasteiger partial charge < -0.3 is 0 Å². The average molecular weight is 440 g/mol. The van der Waals surface area contributed by atoms with E-state index in [2.05, 4.69) is 36.6 Å². The Morgan fingerprint density at radius 1 is 1.05 bits per heavy atom. The van der Waals surface area contributed by atoms with Crippen LogP contribution in [-0.4, -0.2) is 8.42 Å². The van der Waals surface area contributed by atoms with Crippen LogP contribution < -0.4 is 4.72 Å². The van der Waals surface area contributed by atoms with Crippen LogP contribution in [0.3, 0.4) is 0 Å². The van der Waals surface area contributed by atoms with Crippen LogP contribution >= 0.6 is 43.5 Å². The number of hydrogen-bond acceptors (Lipinski definition) is 2. The lowest BCUT2D eigenvalue weighted by molar-refractivity contribution is 0.600. The molecule has 0 spiro atoms. The maximum Gasteiger partial charge on any atom is 0.263 e. The van der Waals surface area contributed by atoms with Gasteiger partial charge >= 0.3 is 0 Å². The zero-order valence-corrected chi connectivity index (χ0v) is 15.1. The van der Waals surface area contributed by atoms with Gasteiger partial charge in [-0.05, 0) is 74.7 Å². The smallest absolute Gasteiger partial charge is 0.263 e. The van der Waals surface area contributed by atoms with Crippen molar-refractivity contribution in [3.8, 4) is 0 Å². The van der Waals surface area contributed by atoms with Crippen molar-refractivity contribution in [1.29, 1.82) is 0 Å². The normalized spacial score (nSPS) is 11.4. The second kappa shape index (κ2) is 6.05. The second-order valence-electron chi connectivity index (χ2n) is 4.17. The first-order valence-electron chi connectivity index (χ1n) is 5.53. The molecule has 2 aromatic rings. The molecule has 0 unspecified atom stereocenters. The maximum absolute atomic E-state index is 12.3. The highest BCUT2D eigenvalue weighted by Gasteiger charge is 2.18. The predicted molar refractivity (Wildman–Crippen MR) is 88.8 cm³/mol. The van der Waals surface area contributed by atoms with Crippen molar-refractivity contribution in [2.24, 2.45) is 0 Å². The van der Waals surface area contributed by atoms with Crippen LogP contribution in [0, 0.1) is 6.92 Å². The lowest BCUT2D eigenvalue weighted by Crippen LogP contribution is -2.13. The van der Waals surface area contributed by atoms with E-state index in [-0.39, 0.29) is 4.90 Å². The van der Waals surface area contributed by atoms with Gasteiger partial charge in [-0.15, -0.1) is 0 Å². The van der Waals surface area contributed by atoms with Crippen LogP contribution in [0.5, 0.6) is 0 Å². The number of aryl methyl sites for hydroxylation is 1. The summed E-state index contributed by atoms with van der Waals surface area (Å²) in [6, 6.07) is 9.90. The fourth-order valence-corrected chi connectivity index (χ4v) is 4.33. The van der Waals surface area contributed by atoms with Gasteiger partial charge in [0.25, 0.3) is 10.0 Å². The van der Waals surface area contributed by atoms with Crippen LogP contribution in [0.15, 0.2) is 50.2 Å². The van der Waals surface area contributed by atoms with E-state index in [1.165, 1.54) is 0 Å². The molecule has 2 aromatic carbocycles. The Morgan fingerprint density at radius 3 is 2.35 bits per heavy atom. The highest BCUT2D eigenvalue weighted by Crippen LogP contribution is 2.29. The lowest BCUT2D eigenvalue weighted by atomic mass is 10.2. The van der Waals surface area contributed by atoms with Gasteiger partial charge in [0.2, 0.25) is 0 Å². The van der Waals surface area contributed by atoms with Crippen LogP contribution in [0.4, 0.5) is 5.69 Å². The third kappa shape index (κ3) is 3.55. The Labute approximate surface area is 139 Å². The maximum atomic E-state index is 12.3. The summed E-state index contributed by atoms with van der Waals surface area (Å²) in [4.78, 5) is 0.189. The number of anilines is 1. The van der Waals surface area contributed by atoms with Crippen LogP contribution in [0.1, 0.15) is 5.56 Å². The Balaban J connectivity index is 2.38. The van der Waals surface area contributed by atoms with E-state index < -0.39 is 10.0 Å². The van der Waals surface area contributed by atoms with Crippen LogP contribution in [0.25, 0.3) is 0 Å². The van der Waals surface area contributed by atoms with Gasteiger partial charge in [0.05, 0.1) is 10.7 Å². The Kier molecular flexibility index (Phi) is 4.79.